The molecule has 9 heteroatoms. The van der Waals surface area contributed by atoms with Crippen molar-refractivity contribution in [2.75, 3.05) is 17.2 Å². The zero-order valence-corrected chi connectivity index (χ0v) is 23.1. The number of amides is 2. The summed E-state index contributed by atoms with van der Waals surface area (Å²) in [5.74, 6) is -0.172. The number of aryl methyl sites for hydroxylation is 1. The molecule has 9 nitrogen and oxygen atoms in total. The number of alkyl carbamates (subject to hydrolysis) is 1. The third kappa shape index (κ3) is 6.50. The van der Waals surface area contributed by atoms with Crippen LogP contribution < -0.4 is 16.0 Å². The minimum Gasteiger partial charge on any atom is -0.444 e. The molecular formula is C31H35N5O4. The maximum atomic E-state index is 12.9. The van der Waals surface area contributed by atoms with Gasteiger partial charge in [-0.25, -0.2) is 4.79 Å². The second kappa shape index (κ2) is 12.0. The van der Waals surface area contributed by atoms with E-state index in [0.717, 1.165) is 16.7 Å². The molecule has 0 spiro atoms. The molecule has 4 N–H and O–H groups in total. The molecule has 208 valence electrons. The number of carbonyl (C=O) groups is 2. The first-order valence-electron chi connectivity index (χ1n) is 13.0. The molecule has 3 aromatic carbocycles. The number of ether oxygens (including phenoxy) is 1. The van der Waals surface area contributed by atoms with E-state index in [1.54, 1.807) is 32.5 Å². The summed E-state index contributed by atoms with van der Waals surface area (Å²) in [6, 6.07) is 30.1. The Morgan fingerprint density at radius 2 is 1.35 bits per heavy atom. The van der Waals surface area contributed by atoms with E-state index in [9.17, 15) is 14.7 Å². The van der Waals surface area contributed by atoms with Crippen molar-refractivity contribution in [3.8, 4) is 0 Å². The standard InChI is InChI=1S/C31H35N5O4/c1-30(2,3)40-29(39)32-21-26(37)28(38)34-25-20-33-36(4)27(25)35-31(22-14-8-5-9-15-22,23-16-10-6-11-17-23)24-18-12-7-13-19-24/h5-20,26,35,37H,21H2,1-4H3,(H,32,39)(H,34,38). The van der Waals surface area contributed by atoms with Crippen molar-refractivity contribution in [1.82, 2.24) is 15.1 Å². The first kappa shape index (κ1) is 28.4. The molecule has 1 atom stereocenters. The number of anilines is 2. The molecular weight excluding hydrogens is 506 g/mol. The van der Waals surface area contributed by atoms with Crippen LogP contribution in [-0.4, -0.2) is 45.1 Å². The second-order valence-electron chi connectivity index (χ2n) is 10.4. The summed E-state index contributed by atoms with van der Waals surface area (Å²) in [4.78, 5) is 24.9. The van der Waals surface area contributed by atoms with Gasteiger partial charge in [0.05, 0.1) is 12.7 Å². The highest BCUT2D eigenvalue weighted by molar-refractivity contribution is 5.96. The normalized spacial score (nSPS) is 12.3. The average molecular weight is 542 g/mol. The summed E-state index contributed by atoms with van der Waals surface area (Å²) in [5.41, 5.74) is 1.76. The fourth-order valence-electron chi connectivity index (χ4n) is 4.44. The van der Waals surface area contributed by atoms with Crippen molar-refractivity contribution in [3.05, 3.63) is 114 Å². The number of hydrogen-bond acceptors (Lipinski definition) is 6. The number of nitrogens with one attached hydrogen (secondary N) is 3. The highest BCUT2D eigenvalue weighted by Crippen LogP contribution is 2.41. The van der Waals surface area contributed by atoms with Crippen LogP contribution in [-0.2, 0) is 22.1 Å². The van der Waals surface area contributed by atoms with E-state index in [0.29, 0.717) is 11.5 Å². The second-order valence-corrected chi connectivity index (χ2v) is 10.4. The lowest BCUT2D eigenvalue weighted by Gasteiger charge is -2.38. The van der Waals surface area contributed by atoms with Crippen molar-refractivity contribution in [2.24, 2.45) is 7.05 Å². The Labute approximate surface area is 234 Å². The van der Waals surface area contributed by atoms with Gasteiger partial charge in [-0.2, -0.15) is 5.10 Å². The maximum Gasteiger partial charge on any atom is 0.407 e. The first-order valence-corrected chi connectivity index (χ1v) is 13.0. The lowest BCUT2D eigenvalue weighted by atomic mass is 9.77. The number of carbonyl (C=O) groups excluding carboxylic acids is 2. The van der Waals surface area contributed by atoms with E-state index in [1.165, 1.54) is 6.20 Å². The van der Waals surface area contributed by atoms with Gasteiger partial charge in [0.1, 0.15) is 28.7 Å². The van der Waals surface area contributed by atoms with E-state index in [4.69, 9.17) is 4.74 Å². The summed E-state index contributed by atoms with van der Waals surface area (Å²) >= 11 is 0. The third-order valence-electron chi connectivity index (χ3n) is 6.26. The highest BCUT2D eigenvalue weighted by Gasteiger charge is 2.38. The first-order chi connectivity index (χ1) is 19.1. The molecule has 0 aliphatic rings. The van der Waals surface area contributed by atoms with E-state index in [1.807, 2.05) is 91.0 Å². The molecule has 1 unspecified atom stereocenters. The Hall–Kier alpha value is -4.63. The van der Waals surface area contributed by atoms with Crippen LogP contribution in [0.5, 0.6) is 0 Å². The number of aromatic nitrogens is 2. The van der Waals surface area contributed by atoms with Crippen molar-refractivity contribution >= 4 is 23.5 Å². The molecule has 0 fully saturated rings. The van der Waals surface area contributed by atoms with Crippen LogP contribution in [0.15, 0.2) is 97.2 Å². The van der Waals surface area contributed by atoms with Crippen LogP contribution in [0.2, 0.25) is 0 Å². The smallest absolute Gasteiger partial charge is 0.407 e. The number of hydrogen-bond donors (Lipinski definition) is 4. The van der Waals surface area contributed by atoms with Crippen LogP contribution >= 0.6 is 0 Å². The fourth-order valence-corrected chi connectivity index (χ4v) is 4.44. The van der Waals surface area contributed by atoms with Crippen LogP contribution in [0.3, 0.4) is 0 Å². The Morgan fingerprint density at radius 1 is 0.875 bits per heavy atom. The monoisotopic (exact) mass is 541 g/mol. The van der Waals surface area contributed by atoms with Gasteiger partial charge in [0.25, 0.3) is 5.91 Å². The summed E-state index contributed by atoms with van der Waals surface area (Å²) in [6.45, 7) is 4.87. The molecule has 4 aromatic rings. The van der Waals surface area contributed by atoms with Gasteiger partial charge in [-0.3, -0.25) is 9.48 Å². The number of rotatable bonds is 9. The van der Waals surface area contributed by atoms with Gasteiger partial charge in [0.2, 0.25) is 0 Å². The summed E-state index contributed by atoms with van der Waals surface area (Å²) in [7, 11) is 1.77. The van der Waals surface area contributed by atoms with Gasteiger partial charge in [0.15, 0.2) is 0 Å². The minimum absolute atomic E-state index is 0.314. The molecule has 0 aliphatic heterocycles. The van der Waals surface area contributed by atoms with Gasteiger partial charge < -0.3 is 25.8 Å². The van der Waals surface area contributed by atoms with E-state index >= 15 is 0 Å². The number of aliphatic hydroxyl groups is 1. The molecule has 0 bridgehead atoms. The van der Waals surface area contributed by atoms with Crippen LogP contribution in [0.1, 0.15) is 37.5 Å². The predicted molar refractivity (Wildman–Crippen MR) is 155 cm³/mol. The molecule has 1 heterocycles. The largest absolute Gasteiger partial charge is 0.444 e. The van der Waals surface area contributed by atoms with Gasteiger partial charge in [-0.1, -0.05) is 91.0 Å². The molecule has 1 aromatic heterocycles. The van der Waals surface area contributed by atoms with E-state index in [-0.39, 0.29) is 6.54 Å². The predicted octanol–water partition coefficient (Wildman–Crippen LogP) is 4.65. The number of nitrogens with zero attached hydrogens (tertiary/aromatic N) is 2. The molecule has 2 amide bonds. The Morgan fingerprint density at radius 3 is 1.80 bits per heavy atom. The zero-order chi connectivity index (χ0) is 28.8. The van der Waals surface area contributed by atoms with Crippen molar-refractivity contribution in [3.63, 3.8) is 0 Å². The molecule has 0 saturated carbocycles. The Kier molecular flexibility index (Phi) is 8.55. The van der Waals surface area contributed by atoms with Crippen molar-refractivity contribution in [2.45, 2.75) is 38.0 Å². The minimum atomic E-state index is -1.51. The number of benzene rings is 3. The summed E-state index contributed by atoms with van der Waals surface area (Å²) in [6.07, 6.45) is -0.718. The highest BCUT2D eigenvalue weighted by atomic mass is 16.6. The van der Waals surface area contributed by atoms with E-state index < -0.39 is 29.2 Å². The van der Waals surface area contributed by atoms with Gasteiger partial charge in [-0.05, 0) is 37.5 Å². The molecule has 0 aliphatic carbocycles. The molecule has 40 heavy (non-hydrogen) atoms. The van der Waals surface area contributed by atoms with Crippen molar-refractivity contribution < 1.29 is 19.4 Å². The van der Waals surface area contributed by atoms with Crippen LogP contribution in [0.25, 0.3) is 0 Å². The van der Waals surface area contributed by atoms with E-state index in [2.05, 4.69) is 21.0 Å². The summed E-state index contributed by atoms with van der Waals surface area (Å²) in [5, 5.41) is 23.7. The molecule has 0 saturated heterocycles. The van der Waals surface area contributed by atoms with Gasteiger partial charge >= 0.3 is 6.09 Å². The maximum absolute atomic E-state index is 12.9. The third-order valence-corrected chi connectivity index (χ3v) is 6.26. The average Bonchev–Trinajstić information content (AvgIpc) is 3.28. The lowest BCUT2D eigenvalue weighted by molar-refractivity contribution is -0.123. The Bertz CT molecular complexity index is 1320. The fraction of sp³-hybridized carbons (Fsp3) is 0.258. The van der Waals surface area contributed by atoms with Crippen LogP contribution in [0, 0.1) is 0 Å². The van der Waals surface area contributed by atoms with Gasteiger partial charge in [0, 0.05) is 7.05 Å². The number of aliphatic hydroxyl groups excluding tert-OH is 1. The lowest BCUT2D eigenvalue weighted by Crippen LogP contribution is -2.42. The van der Waals surface area contributed by atoms with Crippen LogP contribution in [0.4, 0.5) is 16.3 Å². The zero-order valence-electron chi connectivity index (χ0n) is 23.1. The quantitative estimate of drug-likeness (QED) is 0.229. The SMILES string of the molecule is Cn1ncc(NC(=O)C(O)CNC(=O)OC(C)(C)C)c1NC(c1ccccc1)(c1ccccc1)c1ccccc1. The summed E-state index contributed by atoms with van der Waals surface area (Å²) < 4.78 is 6.80. The molecule has 4 rings (SSSR count). The molecule has 0 radical (unpaired) electrons. The topological polar surface area (TPSA) is 118 Å². The van der Waals surface area contributed by atoms with Gasteiger partial charge in [-0.15, -0.1) is 0 Å². The van der Waals surface area contributed by atoms with Crippen molar-refractivity contribution in [1.29, 1.82) is 0 Å². The Balaban J connectivity index is 1.67.